The highest BCUT2D eigenvalue weighted by molar-refractivity contribution is 6.10. The zero-order valence-electron chi connectivity index (χ0n) is 22.4. The summed E-state index contributed by atoms with van der Waals surface area (Å²) in [5.41, 5.74) is 4.90. The van der Waals surface area contributed by atoms with Gasteiger partial charge in [0.1, 0.15) is 5.82 Å². The summed E-state index contributed by atoms with van der Waals surface area (Å²) in [4.78, 5) is 27.6. The lowest BCUT2D eigenvalue weighted by molar-refractivity contribution is -0.116. The molecule has 1 amide bonds. The molecule has 0 saturated carbocycles. The van der Waals surface area contributed by atoms with Crippen molar-refractivity contribution in [3.63, 3.8) is 0 Å². The summed E-state index contributed by atoms with van der Waals surface area (Å²) < 4.78 is 26.1. The fourth-order valence-electron chi connectivity index (χ4n) is 5.61. The molecule has 2 N–H and O–H groups in total. The summed E-state index contributed by atoms with van der Waals surface area (Å²) in [7, 11) is 3.16. The number of dihydropyridines is 1. The topological polar surface area (TPSA) is 76.7 Å². The van der Waals surface area contributed by atoms with Crippen LogP contribution >= 0.6 is 0 Å². The Kier molecular flexibility index (Phi) is 7.24. The Morgan fingerprint density at radius 1 is 0.949 bits per heavy atom. The largest absolute Gasteiger partial charge is 0.493 e. The Morgan fingerprint density at radius 3 is 2.38 bits per heavy atom. The number of rotatable bonds is 6. The fraction of sp³-hybridized carbons (Fsp3) is 0.250. The maximum atomic E-state index is 15.3. The third kappa shape index (κ3) is 4.92. The molecule has 1 aliphatic carbocycles. The van der Waals surface area contributed by atoms with Crippen molar-refractivity contribution < 1.29 is 23.5 Å². The molecule has 1 heterocycles. The van der Waals surface area contributed by atoms with Crippen LogP contribution in [-0.4, -0.2) is 25.9 Å². The van der Waals surface area contributed by atoms with Gasteiger partial charge in [0.2, 0.25) is 0 Å². The molecular formula is C32H31FN2O4. The summed E-state index contributed by atoms with van der Waals surface area (Å²) >= 11 is 0. The van der Waals surface area contributed by atoms with E-state index >= 15 is 4.39 Å². The van der Waals surface area contributed by atoms with Gasteiger partial charge in [-0.3, -0.25) is 9.59 Å². The van der Waals surface area contributed by atoms with Crippen molar-refractivity contribution in [3.8, 4) is 11.5 Å². The van der Waals surface area contributed by atoms with Crippen molar-refractivity contribution in [2.45, 2.75) is 38.5 Å². The Labute approximate surface area is 227 Å². The van der Waals surface area contributed by atoms with Crippen molar-refractivity contribution in [2.24, 2.45) is 0 Å². The van der Waals surface area contributed by atoms with Crippen LogP contribution in [0.1, 0.15) is 48.3 Å². The number of allylic oxidation sites excluding steroid dienone is 3. The standard InChI is InChI=1S/C32H31FN2O4/c1-18-9-5-8-12-24(18)35-32(37)29-19(2)34-25-15-21(20-13-14-27(38-3)28(17-20)39-4)16-26(36)31(25)30(29)22-10-6-7-11-23(22)33/h5-14,17,21,30,34H,15-16H2,1-4H3,(H,35,37)/t21-,30-/m0/s1. The highest BCUT2D eigenvalue weighted by Gasteiger charge is 2.42. The number of Topliss-reactive ketones (excluding diaryl/α,β-unsaturated/α-hetero) is 1. The zero-order valence-corrected chi connectivity index (χ0v) is 22.4. The van der Waals surface area contributed by atoms with Gasteiger partial charge in [0.05, 0.1) is 14.2 Å². The molecule has 0 aromatic heterocycles. The van der Waals surface area contributed by atoms with Crippen molar-refractivity contribution >= 4 is 17.4 Å². The van der Waals surface area contributed by atoms with Crippen LogP contribution in [0.2, 0.25) is 0 Å². The van der Waals surface area contributed by atoms with E-state index in [1.165, 1.54) is 6.07 Å². The van der Waals surface area contributed by atoms with Gasteiger partial charge in [0.25, 0.3) is 5.91 Å². The van der Waals surface area contributed by atoms with Crippen molar-refractivity contribution in [1.29, 1.82) is 0 Å². The molecule has 5 rings (SSSR count). The van der Waals surface area contributed by atoms with E-state index in [-0.39, 0.29) is 24.0 Å². The molecule has 0 saturated heterocycles. The van der Waals surface area contributed by atoms with E-state index < -0.39 is 11.7 Å². The molecule has 39 heavy (non-hydrogen) atoms. The number of methoxy groups -OCH3 is 2. The van der Waals surface area contributed by atoms with E-state index in [1.807, 2.05) is 49.4 Å². The van der Waals surface area contributed by atoms with Crippen LogP contribution in [0.3, 0.4) is 0 Å². The average molecular weight is 527 g/mol. The van der Waals surface area contributed by atoms with Gasteiger partial charge in [0.15, 0.2) is 17.3 Å². The van der Waals surface area contributed by atoms with Crippen LogP contribution in [0, 0.1) is 12.7 Å². The normalized spacial score (nSPS) is 18.8. The van der Waals surface area contributed by atoms with Crippen LogP contribution in [0.25, 0.3) is 0 Å². The number of hydrogen-bond donors (Lipinski definition) is 2. The summed E-state index contributed by atoms with van der Waals surface area (Å²) in [6.45, 7) is 3.71. The molecule has 1 aliphatic heterocycles. The number of para-hydroxylation sites is 1. The molecule has 7 heteroatoms. The number of carbonyl (C=O) groups is 2. The minimum Gasteiger partial charge on any atom is -0.493 e. The number of anilines is 1. The second kappa shape index (κ2) is 10.8. The molecule has 0 radical (unpaired) electrons. The summed E-state index contributed by atoms with van der Waals surface area (Å²) in [6, 6.07) is 19.5. The molecule has 0 fully saturated rings. The van der Waals surface area contributed by atoms with Gasteiger partial charge in [0, 0.05) is 46.1 Å². The highest BCUT2D eigenvalue weighted by atomic mass is 19.1. The molecule has 3 aromatic rings. The second-order valence-electron chi connectivity index (χ2n) is 9.92. The van der Waals surface area contributed by atoms with Crippen LogP contribution in [0.15, 0.2) is 89.3 Å². The lowest BCUT2D eigenvalue weighted by atomic mass is 9.71. The predicted molar refractivity (Wildman–Crippen MR) is 148 cm³/mol. The maximum absolute atomic E-state index is 15.3. The summed E-state index contributed by atoms with van der Waals surface area (Å²) in [5.74, 6) is -0.684. The first-order chi connectivity index (χ1) is 18.8. The number of nitrogens with one attached hydrogen (secondary N) is 2. The minimum absolute atomic E-state index is 0.111. The Hall–Kier alpha value is -4.39. The van der Waals surface area contributed by atoms with Gasteiger partial charge < -0.3 is 20.1 Å². The minimum atomic E-state index is -0.828. The predicted octanol–water partition coefficient (Wildman–Crippen LogP) is 6.15. The summed E-state index contributed by atoms with van der Waals surface area (Å²) in [6.07, 6.45) is 0.762. The van der Waals surface area contributed by atoms with E-state index in [0.29, 0.717) is 51.7 Å². The van der Waals surface area contributed by atoms with E-state index in [4.69, 9.17) is 9.47 Å². The molecule has 6 nitrogen and oxygen atoms in total. The highest BCUT2D eigenvalue weighted by Crippen LogP contribution is 2.47. The van der Waals surface area contributed by atoms with E-state index in [1.54, 1.807) is 39.3 Å². The lowest BCUT2D eigenvalue weighted by Gasteiger charge is -2.37. The van der Waals surface area contributed by atoms with E-state index in [2.05, 4.69) is 10.6 Å². The van der Waals surface area contributed by atoms with Crippen molar-refractivity contribution in [1.82, 2.24) is 5.32 Å². The number of ether oxygens (including phenoxy) is 2. The fourth-order valence-corrected chi connectivity index (χ4v) is 5.61. The SMILES string of the molecule is COc1ccc([C@@H]2CC(=O)C3=C(C2)NC(C)=C(C(=O)Nc2ccccc2C)[C@@H]3c2ccccc2F)cc1OC. The average Bonchev–Trinajstić information content (AvgIpc) is 2.93. The number of carbonyl (C=O) groups excluding carboxylic acids is 2. The third-order valence-corrected chi connectivity index (χ3v) is 7.56. The molecule has 0 bridgehead atoms. The Morgan fingerprint density at radius 2 is 1.67 bits per heavy atom. The molecule has 2 atom stereocenters. The second-order valence-corrected chi connectivity index (χ2v) is 9.92. The number of halogens is 1. The first kappa shape index (κ1) is 26.2. The smallest absolute Gasteiger partial charge is 0.254 e. The molecule has 0 unspecified atom stereocenters. The number of hydrogen-bond acceptors (Lipinski definition) is 5. The van der Waals surface area contributed by atoms with Gasteiger partial charge >= 0.3 is 0 Å². The molecule has 200 valence electrons. The Balaban J connectivity index is 1.56. The summed E-state index contributed by atoms with van der Waals surface area (Å²) in [5, 5.41) is 6.33. The third-order valence-electron chi connectivity index (χ3n) is 7.56. The molecule has 0 spiro atoms. The van der Waals surface area contributed by atoms with E-state index in [9.17, 15) is 9.59 Å². The monoisotopic (exact) mass is 526 g/mol. The van der Waals surface area contributed by atoms with E-state index in [0.717, 1.165) is 11.1 Å². The maximum Gasteiger partial charge on any atom is 0.254 e. The van der Waals surface area contributed by atoms with Crippen LogP contribution in [0.4, 0.5) is 10.1 Å². The first-order valence-corrected chi connectivity index (χ1v) is 12.9. The van der Waals surface area contributed by atoms with Crippen LogP contribution < -0.4 is 20.1 Å². The quantitative estimate of drug-likeness (QED) is 0.403. The number of benzene rings is 3. The number of amides is 1. The number of ketones is 1. The van der Waals surface area contributed by atoms with Crippen LogP contribution in [-0.2, 0) is 9.59 Å². The van der Waals surface area contributed by atoms with Crippen LogP contribution in [0.5, 0.6) is 11.5 Å². The van der Waals surface area contributed by atoms with Crippen molar-refractivity contribution in [2.75, 3.05) is 19.5 Å². The number of aryl methyl sites for hydroxylation is 1. The zero-order chi connectivity index (χ0) is 27.7. The van der Waals surface area contributed by atoms with Gasteiger partial charge in [-0.1, -0.05) is 42.5 Å². The lowest BCUT2D eigenvalue weighted by Crippen LogP contribution is -2.37. The molecule has 2 aliphatic rings. The van der Waals surface area contributed by atoms with Crippen molar-refractivity contribution in [3.05, 3.63) is 112 Å². The Bertz CT molecular complexity index is 1520. The van der Waals surface area contributed by atoms with Gasteiger partial charge in [-0.25, -0.2) is 4.39 Å². The van der Waals surface area contributed by atoms with Gasteiger partial charge in [-0.05, 0) is 61.6 Å². The van der Waals surface area contributed by atoms with Gasteiger partial charge in [-0.2, -0.15) is 0 Å². The van der Waals surface area contributed by atoms with Gasteiger partial charge in [-0.15, -0.1) is 0 Å². The molecule has 3 aromatic carbocycles. The molecular weight excluding hydrogens is 495 g/mol. The first-order valence-electron chi connectivity index (χ1n) is 12.9.